The maximum Gasteiger partial charge on any atom is 0.290 e. The lowest BCUT2D eigenvalue weighted by atomic mass is 9.89. The normalized spacial score (nSPS) is 17.6. The molecule has 1 heterocycles. The second-order valence-electron chi connectivity index (χ2n) is 7.25. The number of hydrogen-bond donors (Lipinski definition) is 1. The van der Waals surface area contributed by atoms with Gasteiger partial charge in [-0.3, -0.25) is 9.59 Å². The number of rotatable bonds is 6. The predicted molar refractivity (Wildman–Crippen MR) is 103 cm³/mol. The summed E-state index contributed by atoms with van der Waals surface area (Å²) in [5.74, 6) is -0.826. The molecule has 0 aromatic heterocycles. The van der Waals surface area contributed by atoms with Gasteiger partial charge < -0.3 is 10.0 Å². The minimum absolute atomic E-state index is 0.151. The van der Waals surface area contributed by atoms with Crippen LogP contribution < -0.4 is 0 Å². The Balaban J connectivity index is 2.18. The molecular weight excluding hydrogens is 326 g/mol. The van der Waals surface area contributed by atoms with E-state index in [9.17, 15) is 14.7 Å². The number of carbonyl (C=O) groups is 2. The van der Waals surface area contributed by atoms with Crippen LogP contribution in [0, 0.1) is 5.92 Å². The SMILES string of the molecule is CCCN1C(=O)C(O)=C(C(=O)CC(C)C)C1c1cccc2ccccc12. The number of aliphatic hydroxyl groups is 1. The molecule has 26 heavy (non-hydrogen) atoms. The minimum atomic E-state index is -0.528. The molecule has 0 spiro atoms. The van der Waals surface area contributed by atoms with Gasteiger partial charge in [0.2, 0.25) is 0 Å². The number of benzene rings is 2. The second-order valence-corrected chi connectivity index (χ2v) is 7.25. The molecule has 1 N–H and O–H groups in total. The summed E-state index contributed by atoms with van der Waals surface area (Å²) in [4.78, 5) is 27.2. The highest BCUT2D eigenvalue weighted by Gasteiger charge is 2.43. The fourth-order valence-electron chi connectivity index (χ4n) is 3.70. The van der Waals surface area contributed by atoms with E-state index in [-0.39, 0.29) is 23.0 Å². The van der Waals surface area contributed by atoms with Crippen molar-refractivity contribution in [3.63, 3.8) is 0 Å². The van der Waals surface area contributed by atoms with Gasteiger partial charge in [0, 0.05) is 13.0 Å². The minimum Gasteiger partial charge on any atom is -0.503 e. The van der Waals surface area contributed by atoms with Crippen LogP contribution in [0.4, 0.5) is 0 Å². The monoisotopic (exact) mass is 351 g/mol. The van der Waals surface area contributed by atoms with Gasteiger partial charge in [0.15, 0.2) is 11.5 Å². The number of fused-ring (bicyclic) bond motifs is 1. The Morgan fingerprint density at radius 2 is 1.85 bits per heavy atom. The average Bonchev–Trinajstić information content (AvgIpc) is 2.86. The van der Waals surface area contributed by atoms with E-state index in [2.05, 4.69) is 0 Å². The van der Waals surface area contributed by atoms with E-state index in [4.69, 9.17) is 0 Å². The first kappa shape index (κ1) is 18.2. The zero-order valence-corrected chi connectivity index (χ0v) is 15.5. The highest BCUT2D eigenvalue weighted by molar-refractivity contribution is 6.09. The first-order chi connectivity index (χ1) is 12.5. The van der Waals surface area contributed by atoms with Crippen LogP contribution in [0.3, 0.4) is 0 Å². The van der Waals surface area contributed by atoms with Gasteiger partial charge in [-0.05, 0) is 28.7 Å². The number of aliphatic hydroxyl groups excluding tert-OH is 1. The molecule has 1 aliphatic rings. The van der Waals surface area contributed by atoms with Crippen molar-refractivity contribution in [2.45, 2.75) is 39.7 Å². The van der Waals surface area contributed by atoms with Crippen LogP contribution >= 0.6 is 0 Å². The molecule has 136 valence electrons. The van der Waals surface area contributed by atoms with E-state index in [1.807, 2.05) is 63.2 Å². The molecule has 0 aliphatic carbocycles. The summed E-state index contributed by atoms with van der Waals surface area (Å²) in [7, 11) is 0. The summed E-state index contributed by atoms with van der Waals surface area (Å²) >= 11 is 0. The maximum atomic E-state index is 12.9. The Morgan fingerprint density at radius 3 is 2.54 bits per heavy atom. The summed E-state index contributed by atoms with van der Waals surface area (Å²) in [5.41, 5.74) is 1.13. The van der Waals surface area contributed by atoms with Crippen LogP contribution in [0.2, 0.25) is 0 Å². The van der Waals surface area contributed by atoms with Gasteiger partial charge >= 0.3 is 0 Å². The Labute approximate surface area is 154 Å². The third-order valence-electron chi connectivity index (χ3n) is 4.78. The molecule has 2 aromatic rings. The Bertz CT molecular complexity index is 877. The van der Waals surface area contributed by atoms with E-state index >= 15 is 0 Å². The number of Topliss-reactive ketones (excluding diaryl/α,β-unsaturated/α-hetero) is 1. The molecule has 1 atom stereocenters. The molecular formula is C22H25NO3. The standard InChI is InChI=1S/C22H25NO3/c1-4-12-23-20(17-11-7-9-15-8-5-6-10-16(15)17)19(21(25)22(23)26)18(24)13-14(2)3/h5-11,14,20,25H,4,12-13H2,1-3H3. The van der Waals surface area contributed by atoms with E-state index in [0.29, 0.717) is 13.0 Å². The van der Waals surface area contributed by atoms with Crippen molar-refractivity contribution < 1.29 is 14.7 Å². The molecule has 4 nitrogen and oxygen atoms in total. The van der Waals surface area contributed by atoms with Crippen molar-refractivity contribution >= 4 is 22.5 Å². The summed E-state index contributed by atoms with van der Waals surface area (Å²) in [5, 5.41) is 12.6. The third-order valence-corrected chi connectivity index (χ3v) is 4.78. The van der Waals surface area contributed by atoms with Crippen LogP contribution in [-0.2, 0) is 9.59 Å². The van der Waals surface area contributed by atoms with Crippen molar-refractivity contribution in [2.24, 2.45) is 5.92 Å². The molecule has 2 aromatic carbocycles. The van der Waals surface area contributed by atoms with Crippen molar-refractivity contribution in [1.82, 2.24) is 4.90 Å². The van der Waals surface area contributed by atoms with Gasteiger partial charge in [0.05, 0.1) is 11.6 Å². The molecule has 3 rings (SSSR count). The number of hydrogen-bond acceptors (Lipinski definition) is 3. The summed E-state index contributed by atoms with van der Waals surface area (Å²) in [6.07, 6.45) is 1.07. The van der Waals surface area contributed by atoms with Crippen molar-refractivity contribution in [3.8, 4) is 0 Å². The first-order valence-electron chi connectivity index (χ1n) is 9.20. The van der Waals surface area contributed by atoms with Crippen molar-refractivity contribution in [3.05, 3.63) is 59.4 Å². The average molecular weight is 351 g/mol. The lowest BCUT2D eigenvalue weighted by Crippen LogP contribution is -2.32. The van der Waals surface area contributed by atoms with Gasteiger partial charge in [-0.15, -0.1) is 0 Å². The van der Waals surface area contributed by atoms with Crippen molar-refractivity contribution in [2.75, 3.05) is 6.54 Å². The topological polar surface area (TPSA) is 57.6 Å². The van der Waals surface area contributed by atoms with Gasteiger partial charge in [-0.2, -0.15) is 0 Å². The summed E-state index contributed by atoms with van der Waals surface area (Å²) < 4.78 is 0. The Morgan fingerprint density at radius 1 is 1.15 bits per heavy atom. The maximum absolute atomic E-state index is 12.9. The van der Waals surface area contributed by atoms with Crippen LogP contribution in [0.1, 0.15) is 45.2 Å². The number of amides is 1. The molecule has 0 saturated heterocycles. The molecule has 0 saturated carbocycles. The molecule has 4 heteroatoms. The lowest BCUT2D eigenvalue weighted by molar-refractivity contribution is -0.129. The zero-order valence-electron chi connectivity index (χ0n) is 15.5. The predicted octanol–water partition coefficient (Wildman–Crippen LogP) is 4.56. The van der Waals surface area contributed by atoms with Crippen LogP contribution in [0.25, 0.3) is 10.8 Å². The van der Waals surface area contributed by atoms with Gasteiger partial charge in [-0.25, -0.2) is 0 Å². The number of nitrogens with zero attached hydrogens (tertiary/aromatic N) is 1. The molecule has 1 aliphatic heterocycles. The number of ketones is 1. The fraction of sp³-hybridized carbons (Fsp3) is 0.364. The van der Waals surface area contributed by atoms with E-state index in [1.165, 1.54) is 0 Å². The molecule has 0 fully saturated rings. The Kier molecular flexibility index (Phi) is 5.12. The van der Waals surface area contributed by atoms with E-state index in [0.717, 1.165) is 22.8 Å². The van der Waals surface area contributed by atoms with E-state index < -0.39 is 11.9 Å². The van der Waals surface area contributed by atoms with Gasteiger partial charge in [-0.1, -0.05) is 63.2 Å². The fourth-order valence-corrected chi connectivity index (χ4v) is 3.70. The first-order valence-corrected chi connectivity index (χ1v) is 9.20. The smallest absolute Gasteiger partial charge is 0.290 e. The summed E-state index contributed by atoms with van der Waals surface area (Å²) in [6, 6.07) is 13.3. The highest BCUT2D eigenvalue weighted by Crippen LogP contribution is 2.41. The van der Waals surface area contributed by atoms with Crippen LogP contribution in [0.15, 0.2) is 53.8 Å². The second kappa shape index (κ2) is 7.32. The van der Waals surface area contributed by atoms with Gasteiger partial charge in [0.25, 0.3) is 5.91 Å². The van der Waals surface area contributed by atoms with Crippen LogP contribution in [-0.4, -0.2) is 28.2 Å². The zero-order chi connectivity index (χ0) is 18.8. The van der Waals surface area contributed by atoms with E-state index in [1.54, 1.807) is 4.90 Å². The molecule has 0 bridgehead atoms. The number of carbonyl (C=O) groups excluding carboxylic acids is 2. The Hall–Kier alpha value is -2.62. The highest BCUT2D eigenvalue weighted by atomic mass is 16.3. The van der Waals surface area contributed by atoms with Crippen molar-refractivity contribution in [1.29, 1.82) is 0 Å². The largest absolute Gasteiger partial charge is 0.503 e. The molecule has 1 unspecified atom stereocenters. The summed E-state index contributed by atoms with van der Waals surface area (Å²) in [6.45, 7) is 6.40. The quantitative estimate of drug-likeness (QED) is 0.830. The molecule has 1 amide bonds. The third kappa shape index (κ3) is 3.12. The van der Waals surface area contributed by atoms with Gasteiger partial charge in [0.1, 0.15) is 0 Å². The lowest BCUT2D eigenvalue weighted by Gasteiger charge is -2.27. The van der Waals surface area contributed by atoms with Crippen LogP contribution in [0.5, 0.6) is 0 Å². The molecule has 0 radical (unpaired) electrons.